The van der Waals surface area contributed by atoms with Crippen LogP contribution in [0.5, 0.6) is 0 Å². The van der Waals surface area contributed by atoms with E-state index in [2.05, 4.69) is 20.9 Å². The first kappa shape index (κ1) is 13.3. The first-order valence-corrected chi connectivity index (χ1v) is 7.02. The minimum Gasteiger partial charge on any atom is -0.303 e. The maximum absolute atomic E-state index is 13.7. The lowest BCUT2D eigenvalue weighted by Crippen LogP contribution is -1.94. The minimum atomic E-state index is -0.242. The summed E-state index contributed by atoms with van der Waals surface area (Å²) in [5.41, 5.74) is 1.62. The Morgan fingerprint density at radius 2 is 2.06 bits per heavy atom. The summed E-state index contributed by atoms with van der Waals surface area (Å²) in [5, 5.41) is 0. The Morgan fingerprint density at radius 1 is 1.33 bits per heavy atom. The first-order chi connectivity index (χ1) is 8.74. The molecule has 18 heavy (non-hydrogen) atoms. The highest BCUT2D eigenvalue weighted by atomic mass is 79.9. The number of rotatable bonds is 2. The normalized spacial score (nSPS) is 14.0. The summed E-state index contributed by atoms with van der Waals surface area (Å²) in [5.74, 6) is 0.355. The average molecular weight is 311 g/mol. The smallest absolute Gasteiger partial charge is 0.148 e. The summed E-state index contributed by atoms with van der Waals surface area (Å²) in [4.78, 5) is 4.30. The maximum Gasteiger partial charge on any atom is 0.148 e. The molecule has 0 amide bonds. The number of hydrogen-bond acceptors (Lipinski definition) is 1. The van der Waals surface area contributed by atoms with Gasteiger partial charge in [-0.15, -0.1) is 0 Å². The molecule has 0 spiro atoms. The van der Waals surface area contributed by atoms with Crippen LogP contribution in [0.3, 0.4) is 0 Å². The van der Waals surface area contributed by atoms with Crippen molar-refractivity contribution < 1.29 is 4.39 Å². The third-order valence-corrected chi connectivity index (χ3v) is 3.28. The standard InChI is InChI=1S/C12H10BrFN2.C2H6/c13-9-3-4-12(10(14)5-9)16-6-11(15-7-16)8-1-2-8;1-2/h3-8H,1-2H2;1-2H3. The molecule has 0 bridgehead atoms. The van der Waals surface area contributed by atoms with Gasteiger partial charge in [-0.05, 0) is 31.0 Å². The molecule has 1 aliphatic carbocycles. The van der Waals surface area contributed by atoms with E-state index in [1.54, 1.807) is 17.0 Å². The van der Waals surface area contributed by atoms with Gasteiger partial charge in [-0.25, -0.2) is 9.37 Å². The molecule has 1 aromatic heterocycles. The van der Waals surface area contributed by atoms with Crippen molar-refractivity contribution in [3.8, 4) is 5.69 Å². The molecule has 96 valence electrons. The zero-order valence-corrected chi connectivity index (χ0v) is 12.1. The van der Waals surface area contributed by atoms with Gasteiger partial charge in [0.25, 0.3) is 0 Å². The van der Waals surface area contributed by atoms with Gasteiger partial charge >= 0.3 is 0 Å². The number of benzene rings is 1. The van der Waals surface area contributed by atoms with Crippen LogP contribution in [0.25, 0.3) is 5.69 Å². The Hall–Kier alpha value is -1.16. The van der Waals surface area contributed by atoms with Gasteiger partial charge < -0.3 is 4.57 Å². The predicted octanol–water partition coefficient (Wildman–Crippen LogP) is 4.68. The highest BCUT2D eigenvalue weighted by Crippen LogP contribution is 2.39. The minimum absolute atomic E-state index is 0.242. The number of halogens is 2. The molecule has 3 rings (SSSR count). The fourth-order valence-corrected chi connectivity index (χ4v) is 2.08. The van der Waals surface area contributed by atoms with Crippen LogP contribution >= 0.6 is 15.9 Å². The molecule has 0 radical (unpaired) electrons. The van der Waals surface area contributed by atoms with Crippen molar-refractivity contribution in [2.24, 2.45) is 0 Å². The second-order valence-electron chi connectivity index (χ2n) is 4.08. The number of imidazole rings is 1. The van der Waals surface area contributed by atoms with Crippen molar-refractivity contribution in [3.63, 3.8) is 0 Å². The van der Waals surface area contributed by atoms with Crippen molar-refractivity contribution in [1.29, 1.82) is 0 Å². The fraction of sp³-hybridized carbons (Fsp3) is 0.357. The summed E-state index contributed by atoms with van der Waals surface area (Å²) in [6, 6.07) is 5.04. The van der Waals surface area contributed by atoms with Crippen LogP contribution in [0.4, 0.5) is 4.39 Å². The van der Waals surface area contributed by atoms with E-state index < -0.39 is 0 Å². The van der Waals surface area contributed by atoms with Crippen LogP contribution in [0.1, 0.15) is 38.3 Å². The Bertz CT molecular complexity index is 532. The summed E-state index contributed by atoms with van der Waals surface area (Å²) < 4.78 is 16.2. The van der Waals surface area contributed by atoms with E-state index in [1.807, 2.05) is 26.1 Å². The highest BCUT2D eigenvalue weighted by Gasteiger charge is 2.25. The van der Waals surface area contributed by atoms with Crippen LogP contribution in [0.2, 0.25) is 0 Å². The van der Waals surface area contributed by atoms with E-state index >= 15 is 0 Å². The number of nitrogens with zero attached hydrogens (tertiary/aromatic N) is 2. The van der Waals surface area contributed by atoms with Crippen LogP contribution in [-0.4, -0.2) is 9.55 Å². The van der Waals surface area contributed by atoms with Gasteiger partial charge in [0.2, 0.25) is 0 Å². The lowest BCUT2D eigenvalue weighted by molar-refractivity contribution is 0.617. The van der Waals surface area contributed by atoms with Crippen molar-refractivity contribution in [2.45, 2.75) is 32.6 Å². The van der Waals surface area contributed by atoms with Crippen molar-refractivity contribution in [1.82, 2.24) is 9.55 Å². The third-order valence-electron chi connectivity index (χ3n) is 2.79. The molecule has 2 nitrogen and oxygen atoms in total. The van der Waals surface area contributed by atoms with Crippen LogP contribution in [0.15, 0.2) is 35.2 Å². The van der Waals surface area contributed by atoms with E-state index in [0.29, 0.717) is 11.6 Å². The van der Waals surface area contributed by atoms with Crippen LogP contribution < -0.4 is 0 Å². The third kappa shape index (κ3) is 2.80. The highest BCUT2D eigenvalue weighted by molar-refractivity contribution is 9.10. The molecule has 0 aliphatic heterocycles. The zero-order valence-electron chi connectivity index (χ0n) is 10.5. The topological polar surface area (TPSA) is 17.8 Å². The lowest BCUT2D eigenvalue weighted by Gasteiger charge is -2.03. The van der Waals surface area contributed by atoms with Crippen molar-refractivity contribution >= 4 is 15.9 Å². The molecule has 0 atom stereocenters. The summed E-state index contributed by atoms with van der Waals surface area (Å²) >= 11 is 3.24. The van der Waals surface area contributed by atoms with E-state index in [1.165, 1.54) is 18.9 Å². The quantitative estimate of drug-likeness (QED) is 0.787. The van der Waals surface area contributed by atoms with Gasteiger partial charge in [0.1, 0.15) is 5.82 Å². The predicted molar refractivity (Wildman–Crippen MR) is 74.5 cm³/mol. The Morgan fingerprint density at radius 3 is 2.67 bits per heavy atom. The fourth-order valence-electron chi connectivity index (χ4n) is 1.75. The van der Waals surface area contributed by atoms with Gasteiger partial charge in [-0.1, -0.05) is 29.8 Å². The maximum atomic E-state index is 13.7. The molecule has 1 aliphatic rings. The van der Waals surface area contributed by atoms with Crippen molar-refractivity contribution in [2.75, 3.05) is 0 Å². The van der Waals surface area contributed by atoms with Gasteiger partial charge in [0, 0.05) is 16.6 Å². The van der Waals surface area contributed by atoms with Gasteiger partial charge in [0.15, 0.2) is 0 Å². The summed E-state index contributed by atoms with van der Waals surface area (Å²) in [6.07, 6.45) is 6.02. The second-order valence-corrected chi connectivity index (χ2v) is 4.99. The monoisotopic (exact) mass is 310 g/mol. The molecule has 0 N–H and O–H groups in total. The molecule has 0 saturated heterocycles. The van der Waals surface area contributed by atoms with E-state index in [9.17, 15) is 4.39 Å². The van der Waals surface area contributed by atoms with E-state index in [4.69, 9.17) is 0 Å². The molecule has 2 aromatic rings. The Labute approximate surface area is 115 Å². The number of aromatic nitrogens is 2. The Balaban J connectivity index is 0.000000574. The van der Waals surface area contributed by atoms with E-state index in [0.717, 1.165) is 10.2 Å². The largest absolute Gasteiger partial charge is 0.303 e. The molecule has 1 heterocycles. The second kappa shape index (κ2) is 5.65. The Kier molecular flexibility index (Phi) is 4.17. The first-order valence-electron chi connectivity index (χ1n) is 6.23. The molecule has 1 aromatic carbocycles. The van der Waals surface area contributed by atoms with Gasteiger partial charge in [-0.3, -0.25) is 0 Å². The van der Waals surface area contributed by atoms with Crippen molar-refractivity contribution in [3.05, 3.63) is 46.7 Å². The summed E-state index contributed by atoms with van der Waals surface area (Å²) in [7, 11) is 0. The molecule has 4 heteroatoms. The number of hydrogen-bond donors (Lipinski definition) is 0. The molecule has 0 unspecified atom stereocenters. The molecule has 1 saturated carbocycles. The van der Waals surface area contributed by atoms with Crippen LogP contribution in [0, 0.1) is 5.82 Å². The molecular weight excluding hydrogens is 295 g/mol. The average Bonchev–Trinajstić information content (AvgIpc) is 3.11. The zero-order chi connectivity index (χ0) is 13.1. The molecule has 1 fully saturated rings. The SMILES string of the molecule is CC.Fc1cc(Br)ccc1-n1cnc(C2CC2)c1. The molecular formula is C14H16BrFN2. The van der Waals surface area contributed by atoms with E-state index in [-0.39, 0.29) is 5.82 Å². The van der Waals surface area contributed by atoms with Crippen LogP contribution in [-0.2, 0) is 0 Å². The lowest BCUT2D eigenvalue weighted by atomic mass is 10.3. The summed E-state index contributed by atoms with van der Waals surface area (Å²) in [6.45, 7) is 4.00. The van der Waals surface area contributed by atoms with Gasteiger partial charge in [0.05, 0.1) is 17.7 Å². The van der Waals surface area contributed by atoms with Gasteiger partial charge in [-0.2, -0.15) is 0 Å².